The second-order valence-electron chi connectivity index (χ2n) is 5.61. The number of allylic oxidation sites excluding steroid dienone is 2. The van der Waals surface area contributed by atoms with E-state index in [9.17, 15) is 13.2 Å². The lowest BCUT2D eigenvalue weighted by Crippen LogP contribution is -2.42. The number of rotatable bonds is 5. The van der Waals surface area contributed by atoms with Crippen LogP contribution in [0, 0.1) is 5.92 Å². The molecule has 2 rings (SSSR count). The van der Waals surface area contributed by atoms with Crippen LogP contribution in [0.4, 0.5) is 0 Å². The fourth-order valence-electron chi connectivity index (χ4n) is 2.98. The number of carbonyl (C=O) groups excluding carboxylic acids is 1. The van der Waals surface area contributed by atoms with Gasteiger partial charge in [-0.15, -0.1) is 0 Å². The molecule has 0 bridgehead atoms. The summed E-state index contributed by atoms with van der Waals surface area (Å²) in [5.74, 6) is 0.860. The topological polar surface area (TPSA) is 54.5 Å². The third-order valence-electron chi connectivity index (χ3n) is 3.98. The minimum absolute atomic E-state index is 0.0946. The molecule has 1 amide bonds. The van der Waals surface area contributed by atoms with E-state index in [2.05, 4.69) is 12.2 Å². The molecule has 1 aliphatic carbocycles. The Morgan fingerprint density at radius 1 is 1.37 bits per heavy atom. The standard InChI is InChI=1S/C14H23NO3S/c1-2-8-15(13-7-9-19(17,18)11-13)14(16)10-12-5-3-4-6-12/h3,5,12-13H,2,4,6-11H2,1H3/t12-,13+/m0/s1. The molecule has 0 saturated carbocycles. The van der Waals surface area contributed by atoms with Crippen molar-refractivity contribution in [1.29, 1.82) is 0 Å². The van der Waals surface area contributed by atoms with Gasteiger partial charge in [-0.25, -0.2) is 8.42 Å². The molecule has 1 fully saturated rings. The molecule has 108 valence electrons. The molecule has 0 N–H and O–H groups in total. The van der Waals surface area contributed by atoms with Crippen molar-refractivity contribution in [1.82, 2.24) is 4.90 Å². The molecule has 0 aromatic carbocycles. The summed E-state index contributed by atoms with van der Waals surface area (Å²) in [6.45, 7) is 2.70. The van der Waals surface area contributed by atoms with Crippen molar-refractivity contribution in [2.24, 2.45) is 5.92 Å². The molecule has 1 heterocycles. The van der Waals surface area contributed by atoms with Crippen LogP contribution in [0.5, 0.6) is 0 Å². The van der Waals surface area contributed by atoms with Crippen LogP contribution in [0.1, 0.15) is 39.0 Å². The number of hydrogen-bond acceptors (Lipinski definition) is 3. The van der Waals surface area contributed by atoms with Crippen molar-refractivity contribution in [2.45, 2.75) is 45.1 Å². The molecule has 5 heteroatoms. The van der Waals surface area contributed by atoms with Crippen LogP contribution >= 0.6 is 0 Å². The van der Waals surface area contributed by atoms with Crippen LogP contribution in [-0.2, 0) is 14.6 Å². The lowest BCUT2D eigenvalue weighted by molar-refractivity contribution is -0.133. The summed E-state index contributed by atoms with van der Waals surface area (Å²) >= 11 is 0. The molecule has 4 nitrogen and oxygen atoms in total. The highest BCUT2D eigenvalue weighted by atomic mass is 32.2. The minimum atomic E-state index is -2.93. The van der Waals surface area contributed by atoms with Crippen molar-refractivity contribution in [3.05, 3.63) is 12.2 Å². The molecule has 0 unspecified atom stereocenters. The average molecular weight is 285 g/mol. The first-order valence-corrected chi connectivity index (χ1v) is 9.00. The zero-order valence-corrected chi connectivity index (χ0v) is 12.4. The van der Waals surface area contributed by atoms with Crippen LogP contribution in [0.2, 0.25) is 0 Å². The molecule has 19 heavy (non-hydrogen) atoms. The highest BCUT2D eigenvalue weighted by molar-refractivity contribution is 7.91. The summed E-state index contributed by atoms with van der Waals surface area (Å²) in [5.41, 5.74) is 0. The van der Waals surface area contributed by atoms with E-state index in [1.165, 1.54) is 0 Å². The second-order valence-corrected chi connectivity index (χ2v) is 7.84. The van der Waals surface area contributed by atoms with Gasteiger partial charge < -0.3 is 4.90 Å². The summed E-state index contributed by atoms with van der Waals surface area (Å²) in [6, 6.07) is -0.0946. The lowest BCUT2D eigenvalue weighted by Gasteiger charge is -2.28. The number of carbonyl (C=O) groups is 1. The average Bonchev–Trinajstić information content (AvgIpc) is 2.95. The highest BCUT2D eigenvalue weighted by Gasteiger charge is 2.34. The Balaban J connectivity index is 1.98. The van der Waals surface area contributed by atoms with E-state index in [0.717, 1.165) is 19.3 Å². The molecular formula is C14H23NO3S. The third kappa shape index (κ3) is 3.81. The van der Waals surface area contributed by atoms with Gasteiger partial charge in [0.25, 0.3) is 0 Å². The van der Waals surface area contributed by atoms with Gasteiger partial charge in [0.2, 0.25) is 5.91 Å². The van der Waals surface area contributed by atoms with Crippen LogP contribution in [0.3, 0.4) is 0 Å². The Labute approximate surface area is 115 Å². The maximum absolute atomic E-state index is 12.4. The number of amides is 1. The van der Waals surface area contributed by atoms with E-state index >= 15 is 0 Å². The summed E-state index contributed by atoms with van der Waals surface area (Å²) in [5, 5.41) is 0. The minimum Gasteiger partial charge on any atom is -0.339 e. The third-order valence-corrected chi connectivity index (χ3v) is 5.73. The van der Waals surface area contributed by atoms with E-state index in [4.69, 9.17) is 0 Å². The van der Waals surface area contributed by atoms with E-state index in [1.807, 2.05) is 11.8 Å². The smallest absolute Gasteiger partial charge is 0.223 e. The SMILES string of the molecule is CCCN(C(=O)C[C@H]1C=CCC1)[C@@H]1CCS(=O)(=O)C1. The molecule has 0 aromatic heterocycles. The summed E-state index contributed by atoms with van der Waals surface area (Å²) in [7, 11) is -2.93. The zero-order chi connectivity index (χ0) is 13.9. The van der Waals surface area contributed by atoms with Crippen LogP contribution < -0.4 is 0 Å². The van der Waals surface area contributed by atoms with Crippen LogP contribution in [0.25, 0.3) is 0 Å². The zero-order valence-electron chi connectivity index (χ0n) is 11.5. The molecule has 2 aliphatic rings. The van der Waals surface area contributed by atoms with Crippen molar-refractivity contribution < 1.29 is 13.2 Å². The Hall–Kier alpha value is -0.840. The van der Waals surface area contributed by atoms with Gasteiger partial charge in [-0.3, -0.25) is 4.79 Å². The maximum atomic E-state index is 12.4. The van der Waals surface area contributed by atoms with Gasteiger partial charge in [0.05, 0.1) is 11.5 Å². The molecule has 0 radical (unpaired) electrons. The van der Waals surface area contributed by atoms with Crippen molar-refractivity contribution >= 4 is 15.7 Å². The van der Waals surface area contributed by atoms with Gasteiger partial charge in [-0.05, 0) is 31.6 Å². The molecule has 1 saturated heterocycles. The predicted octanol–water partition coefficient (Wildman–Crippen LogP) is 1.77. The first-order chi connectivity index (χ1) is 9.02. The number of nitrogens with zero attached hydrogens (tertiary/aromatic N) is 1. The van der Waals surface area contributed by atoms with E-state index in [-0.39, 0.29) is 23.5 Å². The summed E-state index contributed by atoms with van der Waals surface area (Å²) in [4.78, 5) is 14.2. The first kappa shape index (κ1) is 14.6. The second kappa shape index (κ2) is 6.07. The molecule has 0 spiro atoms. The largest absolute Gasteiger partial charge is 0.339 e. The maximum Gasteiger partial charge on any atom is 0.223 e. The lowest BCUT2D eigenvalue weighted by atomic mass is 10.0. The summed E-state index contributed by atoms with van der Waals surface area (Å²) < 4.78 is 23.1. The van der Waals surface area contributed by atoms with Gasteiger partial charge in [0.1, 0.15) is 0 Å². The van der Waals surface area contributed by atoms with Crippen LogP contribution in [0.15, 0.2) is 12.2 Å². The predicted molar refractivity (Wildman–Crippen MR) is 75.5 cm³/mol. The Morgan fingerprint density at radius 2 is 2.16 bits per heavy atom. The van der Waals surface area contributed by atoms with Crippen molar-refractivity contribution in [3.8, 4) is 0 Å². The van der Waals surface area contributed by atoms with E-state index in [0.29, 0.717) is 25.3 Å². The Morgan fingerprint density at radius 3 is 2.68 bits per heavy atom. The summed E-state index contributed by atoms with van der Waals surface area (Å²) in [6.07, 6.45) is 8.37. The quantitative estimate of drug-likeness (QED) is 0.723. The van der Waals surface area contributed by atoms with E-state index in [1.54, 1.807) is 0 Å². The molecular weight excluding hydrogens is 262 g/mol. The Kier molecular flexibility index (Phi) is 4.66. The molecule has 2 atom stereocenters. The van der Waals surface area contributed by atoms with Gasteiger partial charge in [-0.1, -0.05) is 19.1 Å². The highest BCUT2D eigenvalue weighted by Crippen LogP contribution is 2.24. The van der Waals surface area contributed by atoms with Gasteiger partial charge in [0.15, 0.2) is 9.84 Å². The molecule has 0 aromatic rings. The van der Waals surface area contributed by atoms with E-state index < -0.39 is 9.84 Å². The van der Waals surface area contributed by atoms with Crippen molar-refractivity contribution in [2.75, 3.05) is 18.1 Å². The van der Waals surface area contributed by atoms with Crippen LogP contribution in [-0.4, -0.2) is 43.3 Å². The Bertz CT molecular complexity index is 455. The van der Waals surface area contributed by atoms with Gasteiger partial charge >= 0.3 is 0 Å². The van der Waals surface area contributed by atoms with Crippen molar-refractivity contribution in [3.63, 3.8) is 0 Å². The number of hydrogen-bond donors (Lipinski definition) is 0. The fraction of sp³-hybridized carbons (Fsp3) is 0.786. The normalized spacial score (nSPS) is 28.7. The van der Waals surface area contributed by atoms with Gasteiger partial charge in [-0.2, -0.15) is 0 Å². The first-order valence-electron chi connectivity index (χ1n) is 7.18. The fourth-order valence-corrected chi connectivity index (χ4v) is 4.71. The molecule has 1 aliphatic heterocycles. The van der Waals surface area contributed by atoms with Gasteiger partial charge in [0, 0.05) is 19.0 Å². The monoisotopic (exact) mass is 285 g/mol. The number of sulfone groups is 1.